The molecule has 2 saturated carbocycles. The quantitative estimate of drug-likeness (QED) is 0.757. The van der Waals surface area contributed by atoms with Crippen molar-refractivity contribution >= 4 is 5.97 Å². The van der Waals surface area contributed by atoms with Crippen LogP contribution in [0.4, 0.5) is 0 Å². The second kappa shape index (κ2) is 7.59. The largest absolute Gasteiger partial charge is 0.480 e. The number of hydrogen-bond donors (Lipinski definition) is 2. The topological polar surface area (TPSA) is 58.6 Å². The van der Waals surface area contributed by atoms with Gasteiger partial charge in [0.05, 0.1) is 6.10 Å². The number of carboxylic acid groups (broad SMARTS) is 1. The van der Waals surface area contributed by atoms with Crippen molar-refractivity contribution in [2.24, 2.45) is 11.8 Å². The molecular formula is C17H31NO3. The van der Waals surface area contributed by atoms with Crippen LogP contribution >= 0.6 is 0 Å². The molecule has 2 N–H and O–H groups in total. The molecule has 0 aromatic carbocycles. The van der Waals surface area contributed by atoms with Gasteiger partial charge in [-0.25, -0.2) is 0 Å². The smallest absolute Gasteiger partial charge is 0.324 e. The fourth-order valence-corrected chi connectivity index (χ4v) is 4.41. The average Bonchev–Trinajstić information content (AvgIpc) is 2.92. The molecule has 0 amide bonds. The molecule has 4 heteroatoms. The fraction of sp³-hybridized carbons (Fsp3) is 0.941. The Labute approximate surface area is 128 Å². The number of ether oxygens (including phenoxy) is 1. The molecule has 2 aliphatic rings. The Bertz CT molecular complexity index is 347. The van der Waals surface area contributed by atoms with E-state index in [1.165, 1.54) is 32.1 Å². The SMILES string of the molecule is CCC1CCCCC1OCCC1CCCC1(NC)C(=O)O. The molecule has 0 aliphatic heterocycles. The van der Waals surface area contributed by atoms with Crippen LogP contribution < -0.4 is 5.32 Å². The van der Waals surface area contributed by atoms with E-state index >= 15 is 0 Å². The summed E-state index contributed by atoms with van der Waals surface area (Å²) in [5.41, 5.74) is -0.722. The summed E-state index contributed by atoms with van der Waals surface area (Å²) in [6.45, 7) is 2.96. The molecular weight excluding hydrogens is 266 g/mol. The summed E-state index contributed by atoms with van der Waals surface area (Å²) in [7, 11) is 1.78. The van der Waals surface area contributed by atoms with Gasteiger partial charge in [-0.05, 0) is 51.0 Å². The minimum atomic E-state index is -0.722. The van der Waals surface area contributed by atoms with Crippen LogP contribution in [0.15, 0.2) is 0 Å². The van der Waals surface area contributed by atoms with Crippen LogP contribution in [0.1, 0.15) is 64.7 Å². The van der Waals surface area contributed by atoms with Crippen molar-refractivity contribution in [1.29, 1.82) is 0 Å². The first kappa shape index (κ1) is 16.8. The monoisotopic (exact) mass is 297 g/mol. The van der Waals surface area contributed by atoms with Gasteiger partial charge in [0.2, 0.25) is 0 Å². The maximum absolute atomic E-state index is 11.6. The van der Waals surface area contributed by atoms with Gasteiger partial charge in [-0.2, -0.15) is 0 Å². The molecule has 0 aromatic heterocycles. The highest BCUT2D eigenvalue weighted by Crippen LogP contribution is 2.38. The zero-order valence-corrected chi connectivity index (χ0v) is 13.6. The minimum Gasteiger partial charge on any atom is -0.480 e. The zero-order valence-electron chi connectivity index (χ0n) is 13.6. The number of hydrogen-bond acceptors (Lipinski definition) is 3. The maximum atomic E-state index is 11.6. The lowest BCUT2D eigenvalue weighted by atomic mass is 9.84. The molecule has 0 saturated heterocycles. The molecule has 0 spiro atoms. The maximum Gasteiger partial charge on any atom is 0.324 e. The van der Waals surface area contributed by atoms with Gasteiger partial charge in [0.15, 0.2) is 0 Å². The van der Waals surface area contributed by atoms with Crippen molar-refractivity contribution in [3.63, 3.8) is 0 Å². The summed E-state index contributed by atoms with van der Waals surface area (Å²) in [5, 5.41) is 12.6. The van der Waals surface area contributed by atoms with Crippen molar-refractivity contribution in [2.45, 2.75) is 76.4 Å². The van der Waals surface area contributed by atoms with Crippen molar-refractivity contribution in [2.75, 3.05) is 13.7 Å². The molecule has 4 nitrogen and oxygen atoms in total. The summed E-state index contributed by atoms with van der Waals surface area (Å²) in [6, 6.07) is 0. The van der Waals surface area contributed by atoms with E-state index in [1.54, 1.807) is 7.05 Å². The third kappa shape index (κ3) is 3.59. The lowest BCUT2D eigenvalue weighted by Crippen LogP contribution is -2.53. The van der Waals surface area contributed by atoms with Crippen LogP contribution in [-0.2, 0) is 9.53 Å². The second-order valence-electron chi connectivity index (χ2n) is 6.77. The molecule has 2 aliphatic carbocycles. The predicted octanol–water partition coefficient (Wildman–Crippen LogP) is 3.20. The first-order valence-electron chi connectivity index (χ1n) is 8.68. The second-order valence-corrected chi connectivity index (χ2v) is 6.77. The Kier molecular flexibility index (Phi) is 6.06. The van der Waals surface area contributed by atoms with Crippen LogP contribution in [0.2, 0.25) is 0 Å². The molecule has 4 atom stereocenters. The van der Waals surface area contributed by atoms with E-state index in [0.29, 0.717) is 18.6 Å². The summed E-state index contributed by atoms with van der Waals surface area (Å²) < 4.78 is 6.15. The van der Waals surface area contributed by atoms with Crippen LogP contribution in [-0.4, -0.2) is 36.4 Å². The van der Waals surface area contributed by atoms with Crippen LogP contribution in [0, 0.1) is 11.8 Å². The van der Waals surface area contributed by atoms with Crippen molar-refractivity contribution in [3.8, 4) is 0 Å². The molecule has 0 aromatic rings. The zero-order chi connectivity index (χ0) is 15.3. The Morgan fingerprint density at radius 1 is 1.29 bits per heavy atom. The summed E-state index contributed by atoms with van der Waals surface area (Å²) in [5.74, 6) is 0.205. The lowest BCUT2D eigenvalue weighted by molar-refractivity contribution is -0.146. The third-order valence-corrected chi connectivity index (χ3v) is 5.81. The molecule has 0 bridgehead atoms. The first-order chi connectivity index (χ1) is 10.1. The molecule has 21 heavy (non-hydrogen) atoms. The molecule has 4 unspecified atom stereocenters. The van der Waals surface area contributed by atoms with E-state index in [4.69, 9.17) is 4.74 Å². The van der Waals surface area contributed by atoms with Gasteiger partial charge in [0, 0.05) is 6.61 Å². The van der Waals surface area contributed by atoms with Gasteiger partial charge in [-0.1, -0.05) is 32.6 Å². The number of aliphatic carboxylic acids is 1. The number of nitrogens with one attached hydrogen (secondary N) is 1. The van der Waals surface area contributed by atoms with Crippen LogP contribution in [0.25, 0.3) is 0 Å². The minimum absolute atomic E-state index is 0.198. The van der Waals surface area contributed by atoms with Gasteiger partial charge >= 0.3 is 5.97 Å². The summed E-state index contributed by atoms with van der Waals surface area (Å²) in [6.07, 6.45) is 10.3. The van der Waals surface area contributed by atoms with Gasteiger partial charge in [-0.15, -0.1) is 0 Å². The predicted molar refractivity (Wildman–Crippen MR) is 83.4 cm³/mol. The highest BCUT2D eigenvalue weighted by Gasteiger charge is 2.47. The standard InChI is InChI=1S/C17H31NO3/c1-3-13-7-4-5-9-15(13)21-12-10-14-8-6-11-17(14,18-2)16(19)20/h13-15,18H,3-12H2,1-2H3,(H,19,20). The first-order valence-corrected chi connectivity index (χ1v) is 8.68. The van der Waals surface area contributed by atoms with Crippen LogP contribution in [0.3, 0.4) is 0 Å². The number of carbonyl (C=O) groups is 1. The van der Waals surface area contributed by atoms with Crippen molar-refractivity contribution in [3.05, 3.63) is 0 Å². The van der Waals surface area contributed by atoms with E-state index in [-0.39, 0.29) is 5.92 Å². The highest BCUT2D eigenvalue weighted by atomic mass is 16.5. The van der Waals surface area contributed by atoms with Gasteiger partial charge in [0.25, 0.3) is 0 Å². The lowest BCUT2D eigenvalue weighted by Gasteiger charge is -2.33. The summed E-state index contributed by atoms with van der Waals surface area (Å²) in [4.78, 5) is 11.6. The number of carboxylic acids is 1. The van der Waals surface area contributed by atoms with Crippen molar-refractivity contribution < 1.29 is 14.6 Å². The van der Waals surface area contributed by atoms with E-state index in [2.05, 4.69) is 12.2 Å². The van der Waals surface area contributed by atoms with E-state index in [1.807, 2.05) is 0 Å². The molecule has 0 heterocycles. The molecule has 122 valence electrons. The molecule has 2 fully saturated rings. The highest BCUT2D eigenvalue weighted by molar-refractivity contribution is 5.79. The Morgan fingerprint density at radius 2 is 2.05 bits per heavy atom. The molecule has 2 rings (SSSR count). The Balaban J connectivity index is 1.83. The number of likely N-dealkylation sites (N-methyl/N-ethyl adjacent to an activating group) is 1. The van der Waals surface area contributed by atoms with E-state index in [9.17, 15) is 9.90 Å². The summed E-state index contributed by atoms with van der Waals surface area (Å²) >= 11 is 0. The van der Waals surface area contributed by atoms with Gasteiger partial charge in [0.1, 0.15) is 5.54 Å². The molecule has 0 radical (unpaired) electrons. The fourth-order valence-electron chi connectivity index (χ4n) is 4.41. The van der Waals surface area contributed by atoms with Crippen molar-refractivity contribution in [1.82, 2.24) is 5.32 Å². The average molecular weight is 297 g/mol. The third-order valence-electron chi connectivity index (χ3n) is 5.81. The van der Waals surface area contributed by atoms with Gasteiger partial charge < -0.3 is 15.2 Å². The number of rotatable bonds is 7. The normalized spacial score (nSPS) is 36.8. The Hall–Kier alpha value is -0.610. The van der Waals surface area contributed by atoms with E-state index in [0.717, 1.165) is 25.7 Å². The van der Waals surface area contributed by atoms with E-state index < -0.39 is 11.5 Å². The Morgan fingerprint density at radius 3 is 2.71 bits per heavy atom. The van der Waals surface area contributed by atoms with Crippen LogP contribution in [0.5, 0.6) is 0 Å². The van der Waals surface area contributed by atoms with Gasteiger partial charge in [-0.3, -0.25) is 4.79 Å².